The number of benzene rings is 1. The fourth-order valence-electron chi connectivity index (χ4n) is 2.37. The van der Waals surface area contributed by atoms with E-state index in [1.165, 1.54) is 6.07 Å². The van der Waals surface area contributed by atoms with Gasteiger partial charge in [-0.05, 0) is 36.2 Å². The van der Waals surface area contributed by atoms with Gasteiger partial charge in [-0.25, -0.2) is 4.39 Å². The Morgan fingerprint density at radius 3 is 2.59 bits per heavy atom. The summed E-state index contributed by atoms with van der Waals surface area (Å²) < 4.78 is 19.5. The first-order valence-electron chi connectivity index (χ1n) is 7.29. The zero-order chi connectivity index (χ0) is 16.2. The highest BCUT2D eigenvalue weighted by Crippen LogP contribution is 2.24. The number of nitrogens with two attached hydrogens (primary N) is 1. The molecule has 0 fully saturated rings. The van der Waals surface area contributed by atoms with Crippen LogP contribution < -0.4 is 5.73 Å². The molecule has 22 heavy (non-hydrogen) atoms. The first-order chi connectivity index (χ1) is 10.4. The maximum Gasteiger partial charge on any atom is 0.129 e. The molecule has 1 aromatic carbocycles. The summed E-state index contributed by atoms with van der Waals surface area (Å²) in [6.45, 7) is 6.44. The second-order valence-electron chi connectivity index (χ2n) is 6.29. The Bertz CT molecular complexity index is 578. The lowest BCUT2D eigenvalue weighted by atomic mass is 9.93. The van der Waals surface area contributed by atoms with Crippen molar-refractivity contribution in [2.75, 3.05) is 13.1 Å². The third-order valence-electron chi connectivity index (χ3n) is 3.61. The molecule has 0 spiro atoms. The summed E-state index contributed by atoms with van der Waals surface area (Å²) in [6, 6.07) is 8.50. The van der Waals surface area contributed by atoms with Crippen molar-refractivity contribution in [1.29, 1.82) is 0 Å². The van der Waals surface area contributed by atoms with Crippen molar-refractivity contribution < 1.29 is 8.81 Å². The van der Waals surface area contributed by atoms with Gasteiger partial charge in [0, 0.05) is 23.7 Å². The van der Waals surface area contributed by atoms with Gasteiger partial charge in [-0.1, -0.05) is 31.5 Å². The average Bonchev–Trinajstić information content (AvgIpc) is 2.95. The van der Waals surface area contributed by atoms with Gasteiger partial charge in [0.25, 0.3) is 0 Å². The summed E-state index contributed by atoms with van der Waals surface area (Å²) in [4.78, 5) is 2.11. The average molecular weight is 325 g/mol. The molecular formula is C17H22ClFN2O. The molecule has 1 heterocycles. The van der Waals surface area contributed by atoms with E-state index in [-0.39, 0.29) is 11.2 Å². The highest BCUT2D eigenvalue weighted by Gasteiger charge is 2.22. The smallest absolute Gasteiger partial charge is 0.129 e. The highest BCUT2D eigenvalue weighted by molar-refractivity contribution is 6.31. The van der Waals surface area contributed by atoms with Gasteiger partial charge in [-0.3, -0.25) is 4.90 Å². The predicted octanol–water partition coefficient (Wildman–Crippen LogP) is 4.06. The van der Waals surface area contributed by atoms with Crippen LogP contribution in [-0.4, -0.2) is 18.0 Å². The molecule has 0 saturated carbocycles. The molecule has 2 aromatic rings. The molecule has 0 bridgehead atoms. The Kier molecular flexibility index (Phi) is 5.62. The molecule has 3 nitrogen and oxygen atoms in total. The first-order valence-corrected chi connectivity index (χ1v) is 7.67. The predicted molar refractivity (Wildman–Crippen MR) is 87.1 cm³/mol. The first kappa shape index (κ1) is 17.0. The molecule has 1 aromatic heterocycles. The fraction of sp³-hybridized carbons (Fsp3) is 0.412. The van der Waals surface area contributed by atoms with Gasteiger partial charge in [0.05, 0.1) is 12.8 Å². The second kappa shape index (κ2) is 7.27. The van der Waals surface area contributed by atoms with Gasteiger partial charge in [-0.2, -0.15) is 0 Å². The van der Waals surface area contributed by atoms with E-state index in [0.717, 1.165) is 12.3 Å². The fourth-order valence-corrected chi connectivity index (χ4v) is 2.59. The van der Waals surface area contributed by atoms with E-state index in [1.807, 2.05) is 12.1 Å². The lowest BCUT2D eigenvalue weighted by Gasteiger charge is -2.31. The van der Waals surface area contributed by atoms with Crippen molar-refractivity contribution in [3.05, 3.63) is 58.8 Å². The van der Waals surface area contributed by atoms with E-state index in [1.54, 1.807) is 18.4 Å². The number of halogens is 2. The molecule has 120 valence electrons. The summed E-state index contributed by atoms with van der Waals surface area (Å²) >= 11 is 6.15. The van der Waals surface area contributed by atoms with Crippen molar-refractivity contribution in [3.63, 3.8) is 0 Å². The second-order valence-corrected chi connectivity index (χ2v) is 6.70. The number of rotatable bonds is 7. The zero-order valence-electron chi connectivity index (χ0n) is 13.0. The van der Waals surface area contributed by atoms with Crippen LogP contribution in [0.15, 0.2) is 41.0 Å². The summed E-state index contributed by atoms with van der Waals surface area (Å²) in [5.41, 5.74) is 6.26. The van der Waals surface area contributed by atoms with Crippen molar-refractivity contribution in [2.24, 2.45) is 11.1 Å². The maximum absolute atomic E-state index is 14.0. The molecule has 0 amide bonds. The standard InChI is InChI=1S/C17H22ClFN2O/c1-17(2,11-20)12-21(9-13-5-4-8-22-13)10-14-15(18)6-3-7-16(14)19/h3-8H,9-12,20H2,1-2H3. The lowest BCUT2D eigenvalue weighted by molar-refractivity contribution is 0.156. The number of nitrogens with zero attached hydrogens (tertiary/aromatic N) is 1. The zero-order valence-corrected chi connectivity index (χ0v) is 13.7. The molecule has 0 radical (unpaired) electrons. The van der Waals surface area contributed by atoms with E-state index in [2.05, 4.69) is 18.7 Å². The summed E-state index contributed by atoms with van der Waals surface area (Å²) in [6.07, 6.45) is 1.64. The molecule has 0 saturated heterocycles. The van der Waals surface area contributed by atoms with Gasteiger partial charge >= 0.3 is 0 Å². The number of hydrogen-bond donors (Lipinski definition) is 1. The molecule has 2 rings (SSSR count). The Balaban J connectivity index is 2.20. The maximum atomic E-state index is 14.0. The van der Waals surface area contributed by atoms with Crippen LogP contribution in [-0.2, 0) is 13.1 Å². The molecule has 0 aliphatic heterocycles. The SMILES string of the molecule is CC(C)(CN)CN(Cc1ccco1)Cc1c(F)cccc1Cl. The van der Waals surface area contributed by atoms with Crippen molar-refractivity contribution in [2.45, 2.75) is 26.9 Å². The van der Waals surface area contributed by atoms with Crippen LogP contribution in [0.5, 0.6) is 0 Å². The van der Waals surface area contributed by atoms with Crippen molar-refractivity contribution in [3.8, 4) is 0 Å². The molecule has 5 heteroatoms. The van der Waals surface area contributed by atoms with Crippen LogP contribution >= 0.6 is 11.6 Å². The normalized spacial score (nSPS) is 12.1. The Hall–Kier alpha value is -1.36. The summed E-state index contributed by atoms with van der Waals surface area (Å²) in [5.74, 6) is 0.544. The van der Waals surface area contributed by atoms with E-state index in [0.29, 0.717) is 30.2 Å². The van der Waals surface area contributed by atoms with Gasteiger partial charge in [0.1, 0.15) is 11.6 Å². The van der Waals surface area contributed by atoms with Crippen LogP contribution in [0.3, 0.4) is 0 Å². The summed E-state index contributed by atoms with van der Waals surface area (Å²) in [5, 5.41) is 0.440. The topological polar surface area (TPSA) is 42.4 Å². The quantitative estimate of drug-likeness (QED) is 0.835. The van der Waals surface area contributed by atoms with Gasteiger partial charge in [0.2, 0.25) is 0 Å². The van der Waals surface area contributed by atoms with Crippen LogP contribution in [0.25, 0.3) is 0 Å². The highest BCUT2D eigenvalue weighted by atomic mass is 35.5. The van der Waals surface area contributed by atoms with Crippen molar-refractivity contribution >= 4 is 11.6 Å². The van der Waals surface area contributed by atoms with Crippen LogP contribution in [0.4, 0.5) is 4.39 Å². The van der Waals surface area contributed by atoms with E-state index in [4.69, 9.17) is 21.8 Å². The third-order valence-corrected chi connectivity index (χ3v) is 3.96. The van der Waals surface area contributed by atoms with Crippen LogP contribution in [0, 0.1) is 11.2 Å². The van der Waals surface area contributed by atoms with Gasteiger partial charge < -0.3 is 10.2 Å². The molecule has 0 atom stereocenters. The largest absolute Gasteiger partial charge is 0.468 e. The molecule has 0 unspecified atom stereocenters. The minimum Gasteiger partial charge on any atom is -0.468 e. The lowest BCUT2D eigenvalue weighted by Crippen LogP contribution is -2.38. The van der Waals surface area contributed by atoms with Crippen LogP contribution in [0.1, 0.15) is 25.2 Å². The third kappa shape index (κ3) is 4.57. The molecule has 0 aliphatic rings. The Morgan fingerprint density at radius 1 is 1.23 bits per heavy atom. The van der Waals surface area contributed by atoms with E-state index in [9.17, 15) is 4.39 Å². The minimum atomic E-state index is -0.289. The minimum absolute atomic E-state index is 0.0790. The summed E-state index contributed by atoms with van der Waals surface area (Å²) in [7, 11) is 0. The Morgan fingerprint density at radius 2 is 2.00 bits per heavy atom. The van der Waals surface area contributed by atoms with E-state index >= 15 is 0 Å². The van der Waals surface area contributed by atoms with Crippen LogP contribution in [0.2, 0.25) is 5.02 Å². The molecule has 2 N–H and O–H groups in total. The number of furan rings is 1. The Labute approximate surface area is 135 Å². The van der Waals surface area contributed by atoms with Gasteiger partial charge in [0.15, 0.2) is 0 Å². The number of hydrogen-bond acceptors (Lipinski definition) is 3. The molecule has 0 aliphatic carbocycles. The van der Waals surface area contributed by atoms with Gasteiger partial charge in [-0.15, -0.1) is 0 Å². The van der Waals surface area contributed by atoms with E-state index < -0.39 is 0 Å². The van der Waals surface area contributed by atoms with Crippen molar-refractivity contribution in [1.82, 2.24) is 4.90 Å². The molecular weight excluding hydrogens is 303 g/mol. The monoisotopic (exact) mass is 324 g/mol.